The van der Waals surface area contributed by atoms with Crippen molar-refractivity contribution >= 4 is 11.7 Å². The Bertz CT molecular complexity index is 427. The molecule has 0 aliphatic rings. The Morgan fingerprint density at radius 3 is 2.53 bits per heavy atom. The summed E-state index contributed by atoms with van der Waals surface area (Å²) in [6.07, 6.45) is 0. The molecule has 0 heterocycles. The largest absolute Gasteiger partial charge is 0.865 e. The van der Waals surface area contributed by atoms with E-state index in [1.807, 2.05) is 0 Å². The molecule has 0 amide bonds. The average molecular weight is 212 g/mol. The van der Waals surface area contributed by atoms with Gasteiger partial charge in [0, 0.05) is 11.8 Å². The lowest BCUT2D eigenvalue weighted by Crippen LogP contribution is -2.05. The number of nitrogens with zero attached hydrogens (tertiary/aromatic N) is 1. The van der Waals surface area contributed by atoms with E-state index < -0.39 is 22.3 Å². The topological polar surface area (TPSA) is 113 Å². The lowest BCUT2D eigenvalue weighted by atomic mass is 10.1. The standard InChI is InChI=1S/C8H7NO6/c1-15-6-3-4(8(11)12)2-5(7(6)10)9(13)14/h2-3,10H,1H3,(H,11,12)/p-1. The zero-order chi connectivity index (χ0) is 11.6. The Hall–Kier alpha value is -2.31. The van der Waals surface area contributed by atoms with E-state index in [9.17, 15) is 20.0 Å². The van der Waals surface area contributed by atoms with Crippen molar-refractivity contribution in [1.82, 2.24) is 0 Å². The molecule has 7 heteroatoms. The highest BCUT2D eigenvalue weighted by molar-refractivity contribution is 5.89. The van der Waals surface area contributed by atoms with Crippen LogP contribution in [0.1, 0.15) is 10.4 Å². The van der Waals surface area contributed by atoms with Crippen LogP contribution in [-0.2, 0) is 0 Å². The molecule has 1 rings (SSSR count). The third kappa shape index (κ3) is 1.96. The molecule has 0 atom stereocenters. The number of methoxy groups -OCH3 is 1. The lowest BCUT2D eigenvalue weighted by Gasteiger charge is -2.12. The molecule has 80 valence electrons. The zero-order valence-corrected chi connectivity index (χ0v) is 7.59. The normalized spacial score (nSPS) is 9.67. The molecule has 7 nitrogen and oxygen atoms in total. The molecule has 0 unspecified atom stereocenters. The van der Waals surface area contributed by atoms with Gasteiger partial charge in [-0.25, -0.2) is 4.79 Å². The number of hydrogen-bond donors (Lipinski definition) is 1. The van der Waals surface area contributed by atoms with Crippen molar-refractivity contribution < 1.29 is 24.7 Å². The van der Waals surface area contributed by atoms with Gasteiger partial charge in [-0.05, 0) is 6.07 Å². The zero-order valence-electron chi connectivity index (χ0n) is 7.59. The van der Waals surface area contributed by atoms with Crippen molar-refractivity contribution in [1.29, 1.82) is 0 Å². The first-order chi connectivity index (χ1) is 6.97. The summed E-state index contributed by atoms with van der Waals surface area (Å²) in [5.41, 5.74) is -1.18. The van der Waals surface area contributed by atoms with Gasteiger partial charge in [0.1, 0.15) is 5.75 Å². The number of benzene rings is 1. The smallest absolute Gasteiger partial charge is 0.336 e. The second kappa shape index (κ2) is 3.82. The molecule has 0 aromatic heterocycles. The third-order valence-corrected chi connectivity index (χ3v) is 1.70. The summed E-state index contributed by atoms with van der Waals surface area (Å²) in [6.45, 7) is 0. The van der Waals surface area contributed by atoms with Crippen LogP contribution in [0.15, 0.2) is 12.1 Å². The number of carboxylic acids is 1. The van der Waals surface area contributed by atoms with Gasteiger partial charge < -0.3 is 14.9 Å². The first-order valence-corrected chi connectivity index (χ1v) is 3.74. The van der Waals surface area contributed by atoms with Gasteiger partial charge in [-0.3, -0.25) is 10.1 Å². The molecule has 1 aromatic carbocycles. The summed E-state index contributed by atoms with van der Waals surface area (Å²) < 4.78 is 4.55. The van der Waals surface area contributed by atoms with Crippen molar-refractivity contribution in [2.45, 2.75) is 0 Å². The monoisotopic (exact) mass is 212 g/mol. The third-order valence-electron chi connectivity index (χ3n) is 1.70. The quantitative estimate of drug-likeness (QED) is 0.572. The molecule has 15 heavy (non-hydrogen) atoms. The van der Waals surface area contributed by atoms with Gasteiger partial charge >= 0.3 is 5.97 Å². The van der Waals surface area contributed by atoms with E-state index in [4.69, 9.17) is 5.11 Å². The maximum atomic E-state index is 11.3. The molecule has 0 aliphatic carbocycles. The van der Waals surface area contributed by atoms with Crippen LogP contribution in [-0.4, -0.2) is 23.1 Å². The van der Waals surface area contributed by atoms with Gasteiger partial charge in [-0.1, -0.05) is 0 Å². The number of rotatable bonds is 3. The number of hydrogen-bond acceptors (Lipinski definition) is 5. The highest BCUT2D eigenvalue weighted by atomic mass is 16.6. The Labute approximate surface area is 83.7 Å². The van der Waals surface area contributed by atoms with Crippen molar-refractivity contribution in [3.8, 4) is 11.5 Å². The second-order valence-electron chi connectivity index (χ2n) is 2.59. The molecule has 0 saturated heterocycles. The van der Waals surface area contributed by atoms with Crippen LogP contribution in [0.5, 0.6) is 11.5 Å². The van der Waals surface area contributed by atoms with Gasteiger partial charge in [0.15, 0.2) is 0 Å². The van der Waals surface area contributed by atoms with E-state index >= 15 is 0 Å². The molecule has 0 fully saturated rings. The van der Waals surface area contributed by atoms with Gasteiger partial charge in [-0.15, -0.1) is 0 Å². The lowest BCUT2D eigenvalue weighted by molar-refractivity contribution is -0.398. The molecule has 1 aromatic rings. The van der Waals surface area contributed by atoms with Crippen LogP contribution in [0.2, 0.25) is 0 Å². The molecule has 0 saturated carbocycles. The van der Waals surface area contributed by atoms with Crippen LogP contribution in [0, 0.1) is 10.1 Å². The van der Waals surface area contributed by atoms with Gasteiger partial charge in [0.05, 0.1) is 17.6 Å². The Morgan fingerprint density at radius 2 is 2.13 bits per heavy atom. The molecule has 0 aliphatic heterocycles. The first-order valence-electron chi connectivity index (χ1n) is 3.74. The average Bonchev–Trinajstić information content (AvgIpc) is 2.17. The summed E-state index contributed by atoms with van der Waals surface area (Å²) in [6, 6.07) is 1.64. The molecule has 0 bridgehead atoms. The highest BCUT2D eigenvalue weighted by Gasteiger charge is 2.16. The van der Waals surface area contributed by atoms with E-state index in [2.05, 4.69) is 4.74 Å². The van der Waals surface area contributed by atoms with Gasteiger partial charge in [0.2, 0.25) is 0 Å². The van der Waals surface area contributed by atoms with Crippen molar-refractivity contribution in [2.24, 2.45) is 0 Å². The summed E-state index contributed by atoms with van der Waals surface area (Å²) >= 11 is 0. The van der Waals surface area contributed by atoms with Crippen molar-refractivity contribution in [2.75, 3.05) is 7.11 Å². The maximum Gasteiger partial charge on any atom is 0.336 e. The number of ether oxygens (including phenoxy) is 1. The SMILES string of the molecule is COc1cc(C(=O)O)cc([N+](=O)[O-])c1[O-]. The first kappa shape index (κ1) is 10.8. The summed E-state index contributed by atoms with van der Waals surface area (Å²) in [4.78, 5) is 20.0. The number of nitro groups is 1. The molecule has 0 radical (unpaired) electrons. The van der Waals surface area contributed by atoms with Gasteiger partial charge in [0.25, 0.3) is 5.69 Å². The maximum absolute atomic E-state index is 11.3. The minimum absolute atomic E-state index is 0.360. The fraction of sp³-hybridized carbons (Fsp3) is 0.125. The van der Waals surface area contributed by atoms with Crippen LogP contribution >= 0.6 is 0 Å². The molecular formula is C8H6NO6-. The van der Waals surface area contributed by atoms with E-state index in [-0.39, 0.29) is 11.3 Å². The van der Waals surface area contributed by atoms with E-state index in [1.165, 1.54) is 0 Å². The van der Waals surface area contributed by atoms with Crippen molar-refractivity contribution in [3.63, 3.8) is 0 Å². The second-order valence-corrected chi connectivity index (χ2v) is 2.59. The number of carboxylic acid groups (broad SMARTS) is 1. The van der Waals surface area contributed by atoms with Crippen LogP contribution in [0.3, 0.4) is 0 Å². The predicted octanol–water partition coefficient (Wildman–Crippen LogP) is 0.375. The number of aromatic carboxylic acids is 1. The summed E-state index contributed by atoms with van der Waals surface area (Å²) in [5.74, 6) is -2.66. The molecule has 1 N–H and O–H groups in total. The van der Waals surface area contributed by atoms with E-state index in [0.29, 0.717) is 6.07 Å². The van der Waals surface area contributed by atoms with Crippen LogP contribution in [0.4, 0.5) is 5.69 Å². The Balaban J connectivity index is 3.45. The van der Waals surface area contributed by atoms with Gasteiger partial charge in [-0.2, -0.15) is 0 Å². The Morgan fingerprint density at radius 1 is 1.53 bits per heavy atom. The summed E-state index contributed by atoms with van der Waals surface area (Å²) in [5, 5.41) is 30.3. The number of nitro benzene ring substituents is 1. The predicted molar refractivity (Wildman–Crippen MR) is 46.1 cm³/mol. The fourth-order valence-electron chi connectivity index (χ4n) is 0.998. The van der Waals surface area contributed by atoms with Crippen molar-refractivity contribution in [3.05, 3.63) is 27.8 Å². The van der Waals surface area contributed by atoms with E-state index in [0.717, 1.165) is 13.2 Å². The van der Waals surface area contributed by atoms with Crippen LogP contribution < -0.4 is 9.84 Å². The molecule has 0 spiro atoms. The Kier molecular flexibility index (Phi) is 2.75. The number of carbonyl (C=O) groups is 1. The minimum Gasteiger partial charge on any atom is -0.865 e. The van der Waals surface area contributed by atoms with E-state index in [1.54, 1.807) is 0 Å². The fourth-order valence-corrected chi connectivity index (χ4v) is 0.998. The highest BCUT2D eigenvalue weighted by Crippen LogP contribution is 2.34. The van der Waals surface area contributed by atoms with Crippen LogP contribution in [0.25, 0.3) is 0 Å². The summed E-state index contributed by atoms with van der Waals surface area (Å²) in [7, 11) is 1.13. The molecular weight excluding hydrogens is 206 g/mol. The minimum atomic E-state index is -1.36.